The first-order valence-electron chi connectivity index (χ1n) is 7.05. The van der Waals surface area contributed by atoms with Crippen LogP contribution in [-0.2, 0) is 0 Å². The van der Waals surface area contributed by atoms with Crippen LogP contribution in [0.2, 0.25) is 16.1 Å². The lowest BCUT2D eigenvalue weighted by Gasteiger charge is -2.50. The van der Waals surface area contributed by atoms with E-state index in [1.54, 1.807) is 0 Å². The van der Waals surface area contributed by atoms with Gasteiger partial charge in [-0.05, 0) is 29.0 Å². The van der Waals surface area contributed by atoms with Crippen molar-refractivity contribution in [1.82, 2.24) is 0 Å². The normalized spacial score (nSPS) is 13.9. The van der Waals surface area contributed by atoms with Crippen LogP contribution >= 0.6 is 0 Å². The van der Waals surface area contributed by atoms with Crippen LogP contribution in [0.15, 0.2) is 0 Å². The minimum Gasteiger partial charge on any atom is -0.350 e. The van der Waals surface area contributed by atoms with Crippen LogP contribution in [0.5, 0.6) is 0 Å². The molecular formula is C14H33NSi. The molecule has 1 nitrogen and oxygen atoms in total. The van der Waals surface area contributed by atoms with E-state index in [1.165, 1.54) is 25.7 Å². The van der Waals surface area contributed by atoms with Crippen LogP contribution in [0.4, 0.5) is 0 Å². The van der Waals surface area contributed by atoms with Crippen molar-refractivity contribution < 1.29 is 0 Å². The first-order chi connectivity index (χ1) is 7.26. The van der Waals surface area contributed by atoms with Gasteiger partial charge in [-0.3, -0.25) is 0 Å². The summed E-state index contributed by atoms with van der Waals surface area (Å²) in [4.78, 5) is 0. The van der Waals surface area contributed by atoms with Gasteiger partial charge in [-0.15, -0.1) is 0 Å². The number of hydrogen-bond donors (Lipinski definition) is 1. The van der Waals surface area contributed by atoms with Gasteiger partial charge in [0.2, 0.25) is 0 Å². The van der Waals surface area contributed by atoms with Crippen molar-refractivity contribution >= 4 is 8.24 Å². The monoisotopic (exact) mass is 243 g/mol. The number of rotatable bonds is 7. The molecule has 0 unspecified atom stereocenters. The summed E-state index contributed by atoms with van der Waals surface area (Å²) in [6.07, 6.45) is 5.14. The Kier molecular flexibility index (Phi) is 6.27. The van der Waals surface area contributed by atoms with Crippen molar-refractivity contribution in [2.75, 3.05) is 0 Å². The van der Waals surface area contributed by atoms with E-state index in [0.717, 1.165) is 0 Å². The highest BCUT2D eigenvalue weighted by Gasteiger charge is 2.50. The molecule has 2 N–H and O–H groups in total. The molecule has 16 heavy (non-hydrogen) atoms. The molecule has 0 atom stereocenters. The van der Waals surface area contributed by atoms with Gasteiger partial charge in [0.05, 0.1) is 0 Å². The van der Waals surface area contributed by atoms with Gasteiger partial charge in [-0.2, -0.15) is 0 Å². The molecule has 98 valence electrons. The Balaban J connectivity index is 5.25. The lowest BCUT2D eigenvalue weighted by Crippen LogP contribution is -2.60. The molecule has 0 radical (unpaired) electrons. The zero-order valence-electron chi connectivity index (χ0n) is 12.6. The lowest BCUT2D eigenvalue weighted by atomic mass is 9.99. The van der Waals surface area contributed by atoms with Crippen molar-refractivity contribution in [3.05, 3.63) is 0 Å². The first kappa shape index (κ1) is 16.2. The molecule has 0 aliphatic carbocycles. The highest BCUT2D eigenvalue weighted by Crippen LogP contribution is 2.52. The summed E-state index contributed by atoms with van der Waals surface area (Å²) >= 11 is 0. The summed E-state index contributed by atoms with van der Waals surface area (Å²) in [5, 5.41) is 7.39. The van der Waals surface area contributed by atoms with Gasteiger partial charge in [0.1, 0.15) is 8.24 Å². The second-order valence-electron chi connectivity index (χ2n) is 6.30. The third-order valence-corrected chi connectivity index (χ3v) is 11.0. The highest BCUT2D eigenvalue weighted by molar-refractivity contribution is 6.82. The fourth-order valence-electron chi connectivity index (χ4n) is 3.72. The maximum Gasteiger partial charge on any atom is 0.134 e. The Morgan fingerprint density at radius 2 is 1.25 bits per heavy atom. The summed E-state index contributed by atoms with van der Waals surface area (Å²) in [6.45, 7) is 16.4. The van der Waals surface area contributed by atoms with Gasteiger partial charge in [-0.25, -0.2) is 0 Å². The predicted octanol–water partition coefficient (Wildman–Crippen LogP) is 5.07. The van der Waals surface area contributed by atoms with Gasteiger partial charge in [0.25, 0.3) is 0 Å². The van der Waals surface area contributed by atoms with Gasteiger partial charge < -0.3 is 5.40 Å². The molecular weight excluding hydrogens is 210 g/mol. The zero-order chi connectivity index (χ0) is 13.0. The highest BCUT2D eigenvalue weighted by atomic mass is 28.3. The summed E-state index contributed by atoms with van der Waals surface area (Å²) < 4.78 is 0. The number of hydrogen-bond acceptors (Lipinski definition) is 1. The van der Waals surface area contributed by atoms with E-state index in [0.29, 0.717) is 16.1 Å². The van der Waals surface area contributed by atoms with Gasteiger partial charge in [0, 0.05) is 0 Å². The SMILES string of the molecule is CCCC(C)(CCC)[Si](N)(C(C)C)C(C)C. The molecule has 0 fully saturated rings. The summed E-state index contributed by atoms with van der Waals surface area (Å²) in [7, 11) is -1.70. The Morgan fingerprint density at radius 3 is 1.44 bits per heavy atom. The average Bonchev–Trinajstić information content (AvgIpc) is 2.16. The molecule has 0 spiro atoms. The molecule has 0 aromatic carbocycles. The number of nitrogens with two attached hydrogens (primary N) is 1. The van der Waals surface area contributed by atoms with Crippen LogP contribution in [0, 0.1) is 0 Å². The topological polar surface area (TPSA) is 26.0 Å². The molecule has 0 aromatic heterocycles. The smallest absolute Gasteiger partial charge is 0.134 e. The van der Waals surface area contributed by atoms with Gasteiger partial charge in [0.15, 0.2) is 0 Å². The van der Waals surface area contributed by atoms with Crippen molar-refractivity contribution in [1.29, 1.82) is 0 Å². The lowest BCUT2D eigenvalue weighted by molar-refractivity contribution is 0.460. The Bertz CT molecular complexity index is 185. The van der Waals surface area contributed by atoms with Crippen molar-refractivity contribution in [3.63, 3.8) is 0 Å². The minimum absolute atomic E-state index is 0.416. The summed E-state index contributed by atoms with van der Waals surface area (Å²) in [6, 6.07) is 0. The molecule has 0 aliphatic heterocycles. The maximum absolute atomic E-state index is 6.97. The van der Waals surface area contributed by atoms with Crippen LogP contribution < -0.4 is 5.40 Å². The fourth-order valence-corrected chi connectivity index (χ4v) is 9.21. The Labute approximate surface area is 104 Å². The van der Waals surface area contributed by atoms with Crippen molar-refractivity contribution in [2.45, 2.75) is 90.3 Å². The molecule has 0 bridgehead atoms. The minimum atomic E-state index is -1.70. The molecule has 0 rings (SSSR count). The second kappa shape index (κ2) is 6.20. The fraction of sp³-hybridized carbons (Fsp3) is 1.00. The molecule has 0 saturated carbocycles. The average molecular weight is 244 g/mol. The van der Waals surface area contributed by atoms with Crippen LogP contribution in [0.1, 0.15) is 74.1 Å². The van der Waals surface area contributed by atoms with Crippen LogP contribution in [0.25, 0.3) is 0 Å². The molecule has 0 saturated heterocycles. The van der Waals surface area contributed by atoms with Crippen molar-refractivity contribution in [2.24, 2.45) is 5.40 Å². The summed E-state index contributed by atoms with van der Waals surface area (Å²) in [5.41, 5.74) is 1.35. The van der Waals surface area contributed by atoms with E-state index in [4.69, 9.17) is 5.40 Å². The molecule has 0 aliphatic rings. The molecule has 0 aromatic rings. The first-order valence-corrected chi connectivity index (χ1v) is 9.28. The maximum atomic E-state index is 6.97. The third kappa shape index (κ3) is 2.89. The Morgan fingerprint density at radius 1 is 0.938 bits per heavy atom. The van der Waals surface area contributed by atoms with E-state index in [-0.39, 0.29) is 0 Å². The third-order valence-electron chi connectivity index (χ3n) is 4.56. The van der Waals surface area contributed by atoms with E-state index in [1.807, 2.05) is 0 Å². The van der Waals surface area contributed by atoms with Gasteiger partial charge >= 0.3 is 0 Å². The van der Waals surface area contributed by atoms with E-state index >= 15 is 0 Å². The Hall–Kier alpha value is 0.177. The predicted molar refractivity (Wildman–Crippen MR) is 78.3 cm³/mol. The van der Waals surface area contributed by atoms with Crippen molar-refractivity contribution in [3.8, 4) is 0 Å². The second-order valence-corrected chi connectivity index (χ2v) is 11.7. The molecule has 0 amide bonds. The van der Waals surface area contributed by atoms with Crippen LogP contribution in [0.3, 0.4) is 0 Å². The van der Waals surface area contributed by atoms with Gasteiger partial charge in [-0.1, -0.05) is 61.3 Å². The largest absolute Gasteiger partial charge is 0.350 e. The summed E-state index contributed by atoms with van der Waals surface area (Å²) in [5.74, 6) is 0. The zero-order valence-corrected chi connectivity index (χ0v) is 13.6. The van der Waals surface area contributed by atoms with E-state index in [9.17, 15) is 0 Å². The molecule has 2 heteroatoms. The quantitative estimate of drug-likeness (QED) is 0.621. The van der Waals surface area contributed by atoms with E-state index in [2.05, 4.69) is 48.5 Å². The van der Waals surface area contributed by atoms with E-state index < -0.39 is 8.24 Å². The standard InChI is InChI=1S/C14H33NSi/c1-8-10-14(7,11-9-2)16(15,12(3)4)13(5)6/h12-13H,8-11,15H2,1-7H3. The van der Waals surface area contributed by atoms with Crippen LogP contribution in [-0.4, -0.2) is 8.24 Å². The molecule has 0 heterocycles.